The topological polar surface area (TPSA) is 4.93 Å². The van der Waals surface area contributed by atoms with E-state index in [1.807, 2.05) is 11.3 Å². The Morgan fingerprint density at radius 3 is 2.38 bits per heavy atom. The van der Waals surface area contributed by atoms with E-state index < -0.39 is 0 Å². The first-order valence-corrected chi connectivity index (χ1v) is 9.29. The molecule has 2 heteroatoms. The number of benzene rings is 3. The van der Waals surface area contributed by atoms with E-state index in [0.717, 1.165) is 0 Å². The molecule has 118 valence electrons. The second-order valence-corrected chi connectivity index (χ2v) is 7.97. The number of thiophene rings is 1. The molecule has 0 saturated heterocycles. The average Bonchev–Trinajstić information content (AvgIpc) is 3.11. The summed E-state index contributed by atoms with van der Waals surface area (Å²) in [6.07, 6.45) is 0. The molecular weight excluding hydrogens is 310 g/mol. The fraction of sp³-hybridized carbons (Fsp3) is 0.182. The Balaban J connectivity index is 2.15. The van der Waals surface area contributed by atoms with E-state index in [0.29, 0.717) is 5.92 Å². The second-order valence-electron chi connectivity index (χ2n) is 6.89. The molecule has 1 nitrogen and oxygen atoms in total. The molecule has 5 aromatic rings. The Morgan fingerprint density at radius 1 is 0.750 bits per heavy atom. The minimum Gasteiger partial charge on any atom is -0.344 e. The molecule has 0 amide bonds. The minimum absolute atomic E-state index is 0.525. The minimum atomic E-state index is 0.525. The molecule has 0 bridgehead atoms. The predicted octanol–water partition coefficient (Wildman–Crippen LogP) is 6.82. The van der Waals surface area contributed by atoms with Gasteiger partial charge in [0.15, 0.2) is 0 Å². The maximum atomic E-state index is 2.32. The van der Waals surface area contributed by atoms with Gasteiger partial charge in [-0.05, 0) is 35.7 Å². The summed E-state index contributed by atoms with van der Waals surface area (Å²) < 4.78 is 5.12. The van der Waals surface area contributed by atoms with Crippen molar-refractivity contribution in [2.45, 2.75) is 19.8 Å². The third kappa shape index (κ3) is 1.69. The lowest BCUT2D eigenvalue weighted by atomic mass is 9.95. The van der Waals surface area contributed by atoms with Crippen molar-refractivity contribution in [1.29, 1.82) is 0 Å². The fourth-order valence-electron chi connectivity index (χ4n) is 4.07. The van der Waals surface area contributed by atoms with Crippen LogP contribution < -0.4 is 0 Å². The van der Waals surface area contributed by atoms with Crippen LogP contribution in [0.15, 0.2) is 54.6 Å². The Bertz CT molecular complexity index is 1240. The Hall–Kier alpha value is -2.32. The third-order valence-corrected chi connectivity index (χ3v) is 6.31. The molecule has 0 saturated carbocycles. The fourth-order valence-corrected chi connectivity index (χ4v) is 5.21. The van der Waals surface area contributed by atoms with E-state index in [2.05, 4.69) is 80.1 Å². The summed E-state index contributed by atoms with van der Waals surface area (Å²) in [4.78, 5) is 0. The number of rotatable bonds is 1. The molecule has 0 atom stereocenters. The zero-order chi connectivity index (χ0) is 16.4. The first-order chi connectivity index (χ1) is 11.7. The van der Waals surface area contributed by atoms with Crippen LogP contribution in [-0.2, 0) is 7.05 Å². The molecule has 0 aliphatic carbocycles. The van der Waals surface area contributed by atoms with Crippen molar-refractivity contribution in [3.05, 3.63) is 60.2 Å². The van der Waals surface area contributed by atoms with E-state index in [9.17, 15) is 0 Å². The van der Waals surface area contributed by atoms with Crippen LogP contribution >= 0.6 is 11.3 Å². The summed E-state index contributed by atoms with van der Waals surface area (Å²) >= 11 is 1.92. The van der Waals surface area contributed by atoms with Gasteiger partial charge in [0.05, 0.1) is 0 Å². The lowest BCUT2D eigenvalue weighted by Gasteiger charge is -2.08. The van der Waals surface area contributed by atoms with Gasteiger partial charge in [0.25, 0.3) is 0 Å². The van der Waals surface area contributed by atoms with E-state index in [4.69, 9.17) is 0 Å². The van der Waals surface area contributed by atoms with Crippen LogP contribution in [0.1, 0.15) is 25.3 Å². The van der Waals surface area contributed by atoms with Gasteiger partial charge in [-0.15, -0.1) is 11.3 Å². The van der Waals surface area contributed by atoms with Crippen LogP contribution in [0.5, 0.6) is 0 Å². The summed E-state index contributed by atoms with van der Waals surface area (Å²) in [5, 5.41) is 5.66. The smallest absolute Gasteiger partial charge is 0.0496 e. The second kappa shape index (κ2) is 4.84. The molecule has 2 aromatic heterocycles. The molecule has 24 heavy (non-hydrogen) atoms. The Morgan fingerprint density at radius 2 is 1.54 bits per heavy atom. The van der Waals surface area contributed by atoms with Gasteiger partial charge < -0.3 is 4.57 Å². The summed E-state index contributed by atoms with van der Waals surface area (Å²) in [7, 11) is 2.18. The quantitative estimate of drug-likeness (QED) is 0.318. The first-order valence-electron chi connectivity index (χ1n) is 8.48. The predicted molar refractivity (Wildman–Crippen MR) is 107 cm³/mol. The first kappa shape index (κ1) is 14.1. The number of aromatic nitrogens is 1. The highest BCUT2D eigenvalue weighted by atomic mass is 32.1. The summed E-state index contributed by atoms with van der Waals surface area (Å²) in [6.45, 7) is 4.59. The van der Waals surface area contributed by atoms with Crippen molar-refractivity contribution in [2.75, 3.05) is 0 Å². The zero-order valence-electron chi connectivity index (χ0n) is 14.1. The number of nitrogens with zero attached hydrogens (tertiary/aromatic N) is 1. The summed E-state index contributed by atoms with van der Waals surface area (Å²) in [5.74, 6) is 0.525. The SMILES string of the molecule is CC(C)c1cccc2sc3ccc4c(c5ccccc5n4C)c3c12. The highest BCUT2D eigenvalue weighted by molar-refractivity contribution is 7.26. The van der Waals surface area contributed by atoms with E-state index in [1.165, 1.54) is 47.5 Å². The summed E-state index contributed by atoms with van der Waals surface area (Å²) in [6, 6.07) is 20.1. The average molecular weight is 329 g/mol. The molecule has 5 rings (SSSR count). The van der Waals surface area contributed by atoms with Crippen LogP contribution in [0.4, 0.5) is 0 Å². The lowest BCUT2D eigenvalue weighted by molar-refractivity contribution is 0.877. The molecule has 0 spiro atoms. The zero-order valence-corrected chi connectivity index (χ0v) is 14.9. The molecule has 2 heterocycles. The Kier molecular flexibility index (Phi) is 2.84. The van der Waals surface area contributed by atoms with E-state index >= 15 is 0 Å². The molecule has 0 N–H and O–H groups in total. The van der Waals surface area contributed by atoms with Crippen LogP contribution in [0, 0.1) is 0 Å². The van der Waals surface area contributed by atoms with Gasteiger partial charge in [-0.1, -0.05) is 44.2 Å². The van der Waals surface area contributed by atoms with Gasteiger partial charge in [-0.2, -0.15) is 0 Å². The van der Waals surface area contributed by atoms with Gasteiger partial charge in [-0.25, -0.2) is 0 Å². The molecule has 0 aliphatic rings. The van der Waals surface area contributed by atoms with Crippen LogP contribution in [0.2, 0.25) is 0 Å². The highest BCUT2D eigenvalue weighted by Crippen LogP contribution is 2.44. The largest absolute Gasteiger partial charge is 0.344 e. The molecule has 0 fully saturated rings. The number of aryl methyl sites for hydroxylation is 1. The van der Waals surface area contributed by atoms with E-state index in [1.54, 1.807) is 0 Å². The highest BCUT2D eigenvalue weighted by Gasteiger charge is 2.17. The van der Waals surface area contributed by atoms with Crippen LogP contribution in [-0.4, -0.2) is 4.57 Å². The van der Waals surface area contributed by atoms with E-state index in [-0.39, 0.29) is 0 Å². The van der Waals surface area contributed by atoms with Gasteiger partial charge in [-0.3, -0.25) is 0 Å². The van der Waals surface area contributed by atoms with Crippen molar-refractivity contribution in [3.8, 4) is 0 Å². The van der Waals surface area contributed by atoms with Gasteiger partial charge in [0, 0.05) is 49.0 Å². The maximum absolute atomic E-state index is 2.32. The third-order valence-electron chi connectivity index (χ3n) is 5.19. The van der Waals surface area contributed by atoms with Gasteiger partial charge >= 0.3 is 0 Å². The Labute approximate surface area is 145 Å². The number of para-hydroxylation sites is 1. The standard InChI is InChI=1S/C22H19NS/c1-13(2)14-8-6-10-18-21(14)22-19(24-18)12-11-17-20(22)15-7-4-5-9-16(15)23(17)3/h4-13H,1-3H3. The monoisotopic (exact) mass is 329 g/mol. The molecule has 0 aliphatic heterocycles. The van der Waals surface area contributed by atoms with Crippen molar-refractivity contribution in [1.82, 2.24) is 4.57 Å². The van der Waals surface area contributed by atoms with Crippen molar-refractivity contribution >= 4 is 53.3 Å². The van der Waals surface area contributed by atoms with Crippen molar-refractivity contribution < 1.29 is 0 Å². The summed E-state index contributed by atoms with van der Waals surface area (Å²) in [5.41, 5.74) is 4.09. The number of hydrogen-bond acceptors (Lipinski definition) is 1. The van der Waals surface area contributed by atoms with Gasteiger partial charge in [0.1, 0.15) is 0 Å². The van der Waals surface area contributed by atoms with Crippen LogP contribution in [0.25, 0.3) is 42.0 Å². The lowest BCUT2D eigenvalue weighted by Crippen LogP contribution is -1.88. The van der Waals surface area contributed by atoms with Crippen LogP contribution in [0.3, 0.4) is 0 Å². The maximum Gasteiger partial charge on any atom is 0.0496 e. The number of fused-ring (bicyclic) bond motifs is 7. The van der Waals surface area contributed by atoms with Crippen molar-refractivity contribution in [2.24, 2.45) is 7.05 Å². The molecular formula is C22H19NS. The normalized spacial score (nSPS) is 12.3. The molecule has 0 radical (unpaired) electrons. The van der Waals surface area contributed by atoms with Gasteiger partial charge in [0.2, 0.25) is 0 Å². The number of hydrogen-bond donors (Lipinski definition) is 0. The molecule has 3 aromatic carbocycles. The molecule has 0 unspecified atom stereocenters. The van der Waals surface area contributed by atoms with Crippen molar-refractivity contribution in [3.63, 3.8) is 0 Å².